The Kier molecular flexibility index (Phi) is 5.63. The van der Waals surface area contributed by atoms with Crippen LogP contribution in [0.5, 0.6) is 0 Å². The molecule has 0 atom stereocenters. The minimum atomic E-state index is -0.209. The van der Waals surface area contributed by atoms with Gasteiger partial charge in [0.1, 0.15) is 0 Å². The normalized spacial score (nSPS) is 11.0. The van der Waals surface area contributed by atoms with Crippen molar-refractivity contribution in [3.8, 4) is 0 Å². The van der Waals surface area contributed by atoms with Crippen LogP contribution in [0.3, 0.4) is 0 Å². The van der Waals surface area contributed by atoms with E-state index in [9.17, 15) is 9.59 Å². The number of aromatic amines is 1. The van der Waals surface area contributed by atoms with Gasteiger partial charge in [-0.05, 0) is 31.0 Å². The van der Waals surface area contributed by atoms with E-state index in [-0.39, 0.29) is 17.2 Å². The largest absolute Gasteiger partial charge is 0.325 e. The van der Waals surface area contributed by atoms with Crippen LogP contribution in [0.25, 0.3) is 5.78 Å². The number of H-pyrrole nitrogens is 1. The number of aryl methyl sites for hydroxylation is 2. The van der Waals surface area contributed by atoms with Crippen molar-refractivity contribution in [1.29, 1.82) is 0 Å². The van der Waals surface area contributed by atoms with Crippen LogP contribution >= 0.6 is 23.4 Å². The average molecular weight is 392 g/mol. The molecular weight excluding hydrogens is 374 g/mol. The minimum Gasteiger partial charge on any atom is -0.325 e. The fourth-order valence-corrected chi connectivity index (χ4v) is 3.45. The maximum Gasteiger partial charge on any atom is 0.252 e. The van der Waals surface area contributed by atoms with Crippen molar-refractivity contribution in [2.45, 2.75) is 31.8 Å². The summed E-state index contributed by atoms with van der Waals surface area (Å²) in [6.45, 7) is 3.93. The van der Waals surface area contributed by atoms with E-state index in [2.05, 4.69) is 20.5 Å². The molecular formula is C17H18ClN5O2S. The van der Waals surface area contributed by atoms with Crippen LogP contribution in [0.15, 0.2) is 34.2 Å². The third kappa shape index (κ3) is 4.08. The molecule has 0 aliphatic rings. The number of fused-ring (bicyclic) bond motifs is 1. The van der Waals surface area contributed by atoms with Crippen LogP contribution in [0.1, 0.15) is 24.6 Å². The average Bonchev–Trinajstić information content (AvgIpc) is 2.99. The number of anilines is 1. The number of hydrogen-bond donors (Lipinski definition) is 2. The van der Waals surface area contributed by atoms with Gasteiger partial charge in [0.05, 0.1) is 5.75 Å². The number of hydrogen-bond acceptors (Lipinski definition) is 5. The molecule has 26 heavy (non-hydrogen) atoms. The molecule has 1 amide bonds. The Balaban J connectivity index is 1.74. The highest BCUT2D eigenvalue weighted by atomic mass is 35.5. The van der Waals surface area contributed by atoms with Crippen LogP contribution in [0, 0.1) is 6.92 Å². The topological polar surface area (TPSA) is 92.2 Å². The van der Waals surface area contributed by atoms with E-state index in [1.54, 1.807) is 16.5 Å². The van der Waals surface area contributed by atoms with Crippen LogP contribution in [0.4, 0.5) is 5.69 Å². The monoisotopic (exact) mass is 391 g/mol. The summed E-state index contributed by atoms with van der Waals surface area (Å²) in [6, 6.07) is 6.92. The van der Waals surface area contributed by atoms with Gasteiger partial charge in [-0.25, -0.2) is 0 Å². The molecule has 1 aromatic carbocycles. The zero-order valence-corrected chi connectivity index (χ0v) is 15.9. The number of carbonyl (C=O) groups excluding carboxylic acids is 1. The van der Waals surface area contributed by atoms with Crippen molar-refractivity contribution in [2.75, 3.05) is 11.1 Å². The van der Waals surface area contributed by atoms with E-state index < -0.39 is 0 Å². The first kappa shape index (κ1) is 18.5. The maximum absolute atomic E-state index is 12.2. The van der Waals surface area contributed by atoms with Gasteiger partial charge in [0, 0.05) is 22.5 Å². The summed E-state index contributed by atoms with van der Waals surface area (Å²) in [5.41, 5.74) is 2.21. The van der Waals surface area contributed by atoms with Crippen molar-refractivity contribution < 1.29 is 4.79 Å². The minimum absolute atomic E-state index is 0.164. The van der Waals surface area contributed by atoms with E-state index >= 15 is 0 Å². The molecule has 2 N–H and O–H groups in total. The van der Waals surface area contributed by atoms with Crippen molar-refractivity contribution in [3.05, 3.63) is 50.9 Å². The maximum atomic E-state index is 12.2. The molecule has 2 aromatic heterocycles. The number of halogens is 1. The summed E-state index contributed by atoms with van der Waals surface area (Å²) >= 11 is 7.33. The number of carbonyl (C=O) groups is 1. The van der Waals surface area contributed by atoms with E-state index in [1.807, 2.05) is 19.9 Å². The number of nitrogens with one attached hydrogen (secondary N) is 2. The number of aromatic nitrogens is 4. The highest BCUT2D eigenvalue weighted by molar-refractivity contribution is 7.99. The molecule has 0 fully saturated rings. The van der Waals surface area contributed by atoms with E-state index in [0.717, 1.165) is 24.1 Å². The molecule has 0 saturated heterocycles. The Hall–Kier alpha value is -2.32. The van der Waals surface area contributed by atoms with Gasteiger partial charge in [0.15, 0.2) is 5.16 Å². The molecule has 0 bridgehead atoms. The summed E-state index contributed by atoms with van der Waals surface area (Å²) in [7, 11) is 0. The number of benzene rings is 1. The Bertz CT molecular complexity index is 1010. The zero-order chi connectivity index (χ0) is 18.7. The Labute approximate surface area is 159 Å². The van der Waals surface area contributed by atoms with Crippen LogP contribution in [-0.4, -0.2) is 31.2 Å². The van der Waals surface area contributed by atoms with Crippen LogP contribution < -0.4 is 10.9 Å². The first-order valence-electron chi connectivity index (χ1n) is 8.14. The molecule has 136 valence electrons. The first-order chi connectivity index (χ1) is 12.5. The molecule has 0 radical (unpaired) electrons. The Morgan fingerprint density at radius 3 is 2.88 bits per heavy atom. The highest BCUT2D eigenvalue weighted by Gasteiger charge is 2.13. The number of thioether (sulfide) groups is 1. The zero-order valence-electron chi connectivity index (χ0n) is 14.4. The van der Waals surface area contributed by atoms with Crippen molar-refractivity contribution in [2.24, 2.45) is 0 Å². The summed E-state index contributed by atoms with van der Waals surface area (Å²) in [5, 5.41) is 12.1. The molecule has 3 aromatic rings. The quantitative estimate of drug-likeness (QED) is 0.630. The van der Waals surface area contributed by atoms with Gasteiger partial charge in [0.2, 0.25) is 11.7 Å². The Morgan fingerprint density at radius 1 is 1.35 bits per heavy atom. The number of nitrogens with zero attached hydrogens (tertiary/aromatic N) is 3. The van der Waals surface area contributed by atoms with Crippen LogP contribution in [-0.2, 0) is 11.2 Å². The van der Waals surface area contributed by atoms with Gasteiger partial charge >= 0.3 is 0 Å². The third-order valence-corrected chi connectivity index (χ3v) is 5.08. The molecule has 3 rings (SSSR count). The molecule has 0 unspecified atom stereocenters. The van der Waals surface area contributed by atoms with E-state index in [1.165, 1.54) is 17.8 Å². The van der Waals surface area contributed by atoms with Gasteiger partial charge in [-0.3, -0.25) is 19.0 Å². The number of rotatable bonds is 6. The molecule has 0 spiro atoms. The second kappa shape index (κ2) is 7.92. The fraction of sp³-hybridized carbons (Fsp3) is 0.294. The van der Waals surface area contributed by atoms with Gasteiger partial charge in [-0.2, -0.15) is 0 Å². The standard InChI is InChI=1S/C17H18ClN5O2S/c1-3-4-12-8-14(24)20-16-21-22-17(23(12)16)26-9-15(25)19-11-6-5-10(2)13(18)7-11/h5-8H,3-4,9H2,1-2H3,(H,19,25)(H,20,21,24). The molecule has 2 heterocycles. The molecule has 0 saturated carbocycles. The fourth-order valence-electron chi connectivity index (χ4n) is 2.50. The van der Waals surface area contributed by atoms with Crippen LogP contribution in [0.2, 0.25) is 5.02 Å². The third-order valence-electron chi connectivity index (χ3n) is 3.75. The van der Waals surface area contributed by atoms with Crippen molar-refractivity contribution in [3.63, 3.8) is 0 Å². The van der Waals surface area contributed by atoms with E-state index in [4.69, 9.17) is 11.6 Å². The molecule has 7 nitrogen and oxygen atoms in total. The second-order valence-electron chi connectivity index (χ2n) is 5.82. The van der Waals surface area contributed by atoms with Gasteiger partial charge in [-0.1, -0.05) is 42.8 Å². The van der Waals surface area contributed by atoms with Gasteiger partial charge in [-0.15, -0.1) is 10.2 Å². The van der Waals surface area contributed by atoms with Gasteiger partial charge < -0.3 is 5.32 Å². The lowest BCUT2D eigenvalue weighted by atomic mass is 10.2. The second-order valence-corrected chi connectivity index (χ2v) is 7.17. The first-order valence-corrected chi connectivity index (χ1v) is 9.50. The van der Waals surface area contributed by atoms with Crippen molar-refractivity contribution >= 4 is 40.7 Å². The highest BCUT2D eigenvalue weighted by Crippen LogP contribution is 2.21. The molecule has 0 aliphatic heterocycles. The molecule has 9 heteroatoms. The summed E-state index contributed by atoms with van der Waals surface area (Å²) < 4.78 is 1.78. The van der Waals surface area contributed by atoms with E-state index in [0.29, 0.717) is 21.6 Å². The van der Waals surface area contributed by atoms with Crippen molar-refractivity contribution in [1.82, 2.24) is 19.6 Å². The summed E-state index contributed by atoms with van der Waals surface area (Å²) in [5.74, 6) is 0.374. The predicted octanol–water partition coefficient (Wildman–Crippen LogP) is 3.06. The number of amides is 1. The lowest BCUT2D eigenvalue weighted by Crippen LogP contribution is -2.15. The predicted molar refractivity (Wildman–Crippen MR) is 103 cm³/mol. The SMILES string of the molecule is CCCc1cc(=O)[nH]c2nnc(SCC(=O)Nc3ccc(C)c(Cl)c3)n12. The Morgan fingerprint density at radius 2 is 2.15 bits per heavy atom. The lowest BCUT2D eigenvalue weighted by molar-refractivity contribution is -0.113. The molecule has 0 aliphatic carbocycles. The smallest absolute Gasteiger partial charge is 0.252 e. The van der Waals surface area contributed by atoms with Gasteiger partial charge in [0.25, 0.3) is 5.56 Å². The lowest BCUT2D eigenvalue weighted by Gasteiger charge is -2.07. The summed E-state index contributed by atoms with van der Waals surface area (Å²) in [4.78, 5) is 26.6. The summed E-state index contributed by atoms with van der Waals surface area (Å²) in [6.07, 6.45) is 1.61.